The standard InChI is InChI=1S/C15H21IO/c1-3-5-13(6-4-2)15(17)11-12-7-9-14(16)10-8-12/h7-10,13H,3-6,11H2,1-2H3. The van der Waals surface area contributed by atoms with Gasteiger partial charge in [-0.1, -0.05) is 38.8 Å². The van der Waals surface area contributed by atoms with Gasteiger partial charge in [0, 0.05) is 15.9 Å². The Morgan fingerprint density at radius 2 is 1.65 bits per heavy atom. The Labute approximate surface area is 118 Å². The number of Topliss-reactive ketones (excluding diaryl/α,β-unsaturated/α-hetero) is 1. The van der Waals surface area contributed by atoms with Gasteiger partial charge in [0.25, 0.3) is 0 Å². The van der Waals surface area contributed by atoms with Crippen molar-refractivity contribution in [1.29, 1.82) is 0 Å². The number of carbonyl (C=O) groups is 1. The molecule has 0 amide bonds. The van der Waals surface area contributed by atoms with Gasteiger partial charge in [-0.2, -0.15) is 0 Å². The van der Waals surface area contributed by atoms with Crippen LogP contribution in [0.3, 0.4) is 0 Å². The number of halogens is 1. The van der Waals surface area contributed by atoms with Gasteiger partial charge in [-0.3, -0.25) is 4.79 Å². The molecule has 0 atom stereocenters. The van der Waals surface area contributed by atoms with E-state index in [0.29, 0.717) is 12.2 Å². The summed E-state index contributed by atoms with van der Waals surface area (Å²) in [4.78, 5) is 12.2. The summed E-state index contributed by atoms with van der Waals surface area (Å²) in [6, 6.07) is 8.26. The third kappa shape index (κ3) is 5.19. The Bertz CT molecular complexity index is 336. The lowest BCUT2D eigenvalue weighted by Crippen LogP contribution is -2.16. The third-order valence-corrected chi connectivity index (χ3v) is 3.74. The molecule has 0 aliphatic carbocycles. The maximum absolute atomic E-state index is 12.2. The fraction of sp³-hybridized carbons (Fsp3) is 0.533. The molecule has 0 spiro atoms. The Kier molecular flexibility index (Phi) is 6.78. The van der Waals surface area contributed by atoms with Crippen LogP contribution < -0.4 is 0 Å². The van der Waals surface area contributed by atoms with Crippen molar-refractivity contribution in [2.45, 2.75) is 46.0 Å². The van der Waals surface area contributed by atoms with Crippen LogP contribution in [-0.2, 0) is 11.2 Å². The third-order valence-electron chi connectivity index (χ3n) is 3.02. The van der Waals surface area contributed by atoms with Crippen LogP contribution in [-0.4, -0.2) is 5.78 Å². The molecule has 0 aliphatic rings. The second-order valence-corrected chi connectivity index (χ2v) is 5.79. The monoisotopic (exact) mass is 344 g/mol. The predicted molar refractivity (Wildman–Crippen MR) is 81.2 cm³/mol. The van der Waals surface area contributed by atoms with E-state index in [1.54, 1.807) is 0 Å². The highest BCUT2D eigenvalue weighted by atomic mass is 127. The van der Waals surface area contributed by atoms with E-state index in [0.717, 1.165) is 31.2 Å². The minimum atomic E-state index is 0.268. The van der Waals surface area contributed by atoms with Gasteiger partial charge in [-0.25, -0.2) is 0 Å². The predicted octanol–water partition coefficient (Wildman–Crippen LogP) is 4.62. The summed E-state index contributed by atoms with van der Waals surface area (Å²) < 4.78 is 1.22. The average Bonchev–Trinajstić information content (AvgIpc) is 2.32. The molecule has 0 heterocycles. The van der Waals surface area contributed by atoms with E-state index in [2.05, 4.69) is 60.7 Å². The molecule has 0 saturated carbocycles. The topological polar surface area (TPSA) is 17.1 Å². The van der Waals surface area contributed by atoms with E-state index in [9.17, 15) is 4.79 Å². The minimum Gasteiger partial charge on any atom is -0.299 e. The van der Waals surface area contributed by atoms with Gasteiger partial charge in [0.15, 0.2) is 0 Å². The highest BCUT2D eigenvalue weighted by molar-refractivity contribution is 14.1. The van der Waals surface area contributed by atoms with E-state index >= 15 is 0 Å². The highest BCUT2D eigenvalue weighted by Crippen LogP contribution is 2.17. The summed E-state index contributed by atoms with van der Waals surface area (Å²) in [6.45, 7) is 4.31. The van der Waals surface area contributed by atoms with Crippen LogP contribution in [0.1, 0.15) is 45.1 Å². The average molecular weight is 344 g/mol. The molecule has 1 nitrogen and oxygen atoms in total. The SMILES string of the molecule is CCCC(CCC)C(=O)Cc1ccc(I)cc1. The zero-order valence-electron chi connectivity index (χ0n) is 10.7. The van der Waals surface area contributed by atoms with Crippen molar-refractivity contribution in [2.75, 3.05) is 0 Å². The quantitative estimate of drug-likeness (QED) is 0.660. The molecule has 1 aromatic carbocycles. The molecule has 2 heteroatoms. The Morgan fingerprint density at radius 1 is 1.12 bits per heavy atom. The molecule has 94 valence electrons. The first-order chi connectivity index (χ1) is 8.17. The molecule has 1 rings (SSSR count). The zero-order valence-corrected chi connectivity index (χ0v) is 12.9. The number of carbonyl (C=O) groups excluding carboxylic acids is 1. The van der Waals surface area contributed by atoms with Gasteiger partial charge >= 0.3 is 0 Å². The van der Waals surface area contributed by atoms with E-state index in [1.165, 1.54) is 3.57 Å². The fourth-order valence-corrected chi connectivity index (χ4v) is 2.47. The van der Waals surface area contributed by atoms with Gasteiger partial charge < -0.3 is 0 Å². The van der Waals surface area contributed by atoms with Crippen LogP contribution >= 0.6 is 22.6 Å². The fourth-order valence-electron chi connectivity index (χ4n) is 2.11. The first-order valence-corrected chi connectivity index (χ1v) is 7.52. The van der Waals surface area contributed by atoms with Crippen molar-refractivity contribution >= 4 is 28.4 Å². The van der Waals surface area contributed by atoms with Gasteiger partial charge in [0.2, 0.25) is 0 Å². The molecule has 0 aromatic heterocycles. The zero-order chi connectivity index (χ0) is 12.7. The second-order valence-electron chi connectivity index (χ2n) is 4.54. The first kappa shape index (κ1) is 14.7. The van der Waals surface area contributed by atoms with Gasteiger partial charge in [-0.05, 0) is 53.1 Å². The van der Waals surface area contributed by atoms with E-state index in [1.807, 2.05) is 0 Å². The molecule has 0 aliphatic heterocycles. The van der Waals surface area contributed by atoms with Crippen molar-refractivity contribution in [3.8, 4) is 0 Å². The molecule has 0 N–H and O–H groups in total. The van der Waals surface area contributed by atoms with Gasteiger partial charge in [-0.15, -0.1) is 0 Å². The molecule has 17 heavy (non-hydrogen) atoms. The molecule has 0 radical (unpaired) electrons. The molecular weight excluding hydrogens is 323 g/mol. The van der Waals surface area contributed by atoms with Crippen LogP contribution in [0.5, 0.6) is 0 Å². The van der Waals surface area contributed by atoms with E-state index < -0.39 is 0 Å². The summed E-state index contributed by atoms with van der Waals surface area (Å²) in [5, 5.41) is 0. The van der Waals surface area contributed by atoms with Crippen molar-refractivity contribution < 1.29 is 4.79 Å². The Morgan fingerprint density at radius 3 is 2.12 bits per heavy atom. The van der Waals surface area contributed by atoms with E-state index in [-0.39, 0.29) is 5.92 Å². The Hall–Kier alpha value is -0.380. The largest absolute Gasteiger partial charge is 0.299 e. The normalized spacial score (nSPS) is 10.8. The van der Waals surface area contributed by atoms with E-state index in [4.69, 9.17) is 0 Å². The number of hydrogen-bond acceptors (Lipinski definition) is 1. The van der Waals surface area contributed by atoms with Crippen molar-refractivity contribution in [2.24, 2.45) is 5.92 Å². The van der Waals surface area contributed by atoms with Crippen LogP contribution in [0, 0.1) is 9.49 Å². The van der Waals surface area contributed by atoms with Crippen LogP contribution in [0.25, 0.3) is 0 Å². The highest BCUT2D eigenvalue weighted by Gasteiger charge is 2.16. The first-order valence-electron chi connectivity index (χ1n) is 6.44. The molecule has 1 aromatic rings. The maximum Gasteiger partial charge on any atom is 0.140 e. The van der Waals surface area contributed by atoms with Gasteiger partial charge in [0.05, 0.1) is 0 Å². The maximum atomic E-state index is 12.2. The van der Waals surface area contributed by atoms with Crippen LogP contribution in [0.15, 0.2) is 24.3 Å². The molecular formula is C15H21IO. The Balaban J connectivity index is 2.59. The van der Waals surface area contributed by atoms with Crippen molar-refractivity contribution in [3.63, 3.8) is 0 Å². The number of benzene rings is 1. The summed E-state index contributed by atoms with van der Waals surface area (Å²) in [6.07, 6.45) is 4.88. The van der Waals surface area contributed by atoms with Crippen LogP contribution in [0.4, 0.5) is 0 Å². The van der Waals surface area contributed by atoms with Crippen molar-refractivity contribution in [1.82, 2.24) is 0 Å². The molecule has 0 unspecified atom stereocenters. The number of rotatable bonds is 7. The summed E-state index contributed by atoms with van der Waals surface area (Å²) in [5.41, 5.74) is 1.15. The number of ketones is 1. The summed E-state index contributed by atoms with van der Waals surface area (Å²) >= 11 is 2.29. The minimum absolute atomic E-state index is 0.268. The lowest BCUT2D eigenvalue weighted by atomic mass is 9.90. The molecule has 0 fully saturated rings. The molecule has 0 saturated heterocycles. The lowest BCUT2D eigenvalue weighted by Gasteiger charge is -2.13. The summed E-state index contributed by atoms with van der Waals surface area (Å²) in [7, 11) is 0. The second kappa shape index (κ2) is 7.85. The van der Waals surface area contributed by atoms with Gasteiger partial charge in [0.1, 0.15) is 5.78 Å². The lowest BCUT2D eigenvalue weighted by molar-refractivity contribution is -0.122. The van der Waals surface area contributed by atoms with Crippen molar-refractivity contribution in [3.05, 3.63) is 33.4 Å². The smallest absolute Gasteiger partial charge is 0.140 e. The summed E-state index contributed by atoms with van der Waals surface area (Å²) in [5.74, 6) is 0.680. The van der Waals surface area contributed by atoms with Crippen LogP contribution in [0.2, 0.25) is 0 Å². The number of hydrogen-bond donors (Lipinski definition) is 0. The molecule has 0 bridgehead atoms.